The minimum Gasteiger partial charge on any atom is -0.480 e. The summed E-state index contributed by atoms with van der Waals surface area (Å²) in [7, 11) is 1.67. The Morgan fingerprint density at radius 2 is 1.60 bits per heavy atom. The van der Waals surface area contributed by atoms with Crippen molar-refractivity contribution in [1.29, 1.82) is 0 Å². The highest BCUT2D eigenvalue weighted by atomic mass is 32.1. The molecule has 9 heteroatoms. The van der Waals surface area contributed by atoms with Crippen molar-refractivity contribution in [1.82, 2.24) is 10.2 Å². The van der Waals surface area contributed by atoms with Gasteiger partial charge >= 0.3 is 5.97 Å². The third kappa shape index (κ3) is 7.10. The Balaban J connectivity index is 1.40. The average molecular weight is 628 g/mol. The highest BCUT2D eigenvalue weighted by molar-refractivity contribution is 7.80. The zero-order chi connectivity index (χ0) is 32.0. The average Bonchev–Trinajstić information content (AvgIpc) is 3.64. The number of nitrogens with zero attached hydrogens (tertiary/aromatic N) is 2. The van der Waals surface area contributed by atoms with Gasteiger partial charge in [0.2, 0.25) is 5.91 Å². The molecule has 1 saturated heterocycles. The van der Waals surface area contributed by atoms with Crippen molar-refractivity contribution in [3.05, 3.63) is 102 Å². The highest BCUT2D eigenvalue weighted by Crippen LogP contribution is 2.42. The number of anilines is 1. The van der Waals surface area contributed by atoms with Crippen LogP contribution < -0.4 is 10.2 Å². The lowest BCUT2D eigenvalue weighted by Crippen LogP contribution is -2.48. The van der Waals surface area contributed by atoms with E-state index < -0.39 is 24.2 Å². The number of nitrogens with one attached hydrogen (secondary N) is 1. The van der Waals surface area contributed by atoms with Crippen LogP contribution in [0.25, 0.3) is 0 Å². The van der Waals surface area contributed by atoms with Crippen molar-refractivity contribution < 1.29 is 24.2 Å². The number of carboxylic acid groups (broad SMARTS) is 1. The molecule has 3 aromatic rings. The lowest BCUT2D eigenvalue weighted by molar-refractivity contribution is -0.139. The number of methoxy groups -OCH3 is 1. The molecular weight excluding hydrogens is 586 g/mol. The van der Waals surface area contributed by atoms with Gasteiger partial charge in [0.1, 0.15) is 18.2 Å². The van der Waals surface area contributed by atoms with Gasteiger partial charge in [-0.05, 0) is 48.1 Å². The SMILES string of the molecule is COCCC1(C(=S)NC(Cc2ccc(N3C(=O)C(Cc4ccccc4)N(C(C)=O)C3c3ccccc3)cc2)C(=O)O)CCCC1. The van der Waals surface area contributed by atoms with Gasteiger partial charge in [-0.25, -0.2) is 4.79 Å². The maximum atomic E-state index is 14.1. The Hall–Kier alpha value is -4.08. The summed E-state index contributed by atoms with van der Waals surface area (Å²) in [6, 6.07) is 25.1. The molecular formula is C36H41N3O5S. The van der Waals surface area contributed by atoms with Crippen LogP contribution in [0.4, 0.5) is 5.69 Å². The van der Waals surface area contributed by atoms with Gasteiger partial charge in [-0.1, -0.05) is 97.9 Å². The van der Waals surface area contributed by atoms with Crippen LogP contribution in [0.5, 0.6) is 0 Å². The summed E-state index contributed by atoms with van der Waals surface area (Å²) in [5.41, 5.74) is 3.01. The molecule has 1 heterocycles. The minimum absolute atomic E-state index is 0.163. The molecule has 0 radical (unpaired) electrons. The molecule has 0 bridgehead atoms. The molecule has 3 aromatic carbocycles. The number of carboxylic acids is 1. The van der Waals surface area contributed by atoms with Crippen molar-refractivity contribution >= 4 is 40.7 Å². The number of ether oxygens (including phenoxy) is 1. The molecule has 3 atom stereocenters. The molecule has 0 aromatic heterocycles. The molecule has 2 aliphatic rings. The van der Waals surface area contributed by atoms with Crippen molar-refractivity contribution in [2.45, 2.75) is 70.1 Å². The van der Waals surface area contributed by atoms with Crippen LogP contribution in [0, 0.1) is 5.41 Å². The number of carbonyl (C=O) groups excluding carboxylic acids is 2. The van der Waals surface area contributed by atoms with Crippen LogP contribution in [0.2, 0.25) is 0 Å². The molecule has 1 aliphatic heterocycles. The van der Waals surface area contributed by atoms with Crippen LogP contribution in [-0.2, 0) is 32.0 Å². The lowest BCUT2D eigenvalue weighted by atomic mass is 9.82. The zero-order valence-electron chi connectivity index (χ0n) is 25.9. The van der Waals surface area contributed by atoms with E-state index >= 15 is 0 Å². The van der Waals surface area contributed by atoms with Crippen LogP contribution in [-0.4, -0.2) is 58.6 Å². The summed E-state index contributed by atoms with van der Waals surface area (Å²) in [5.74, 6) is -1.32. The first-order valence-corrected chi connectivity index (χ1v) is 16.0. The van der Waals surface area contributed by atoms with Crippen molar-refractivity contribution in [3.8, 4) is 0 Å². The predicted octanol–water partition coefficient (Wildman–Crippen LogP) is 5.70. The zero-order valence-corrected chi connectivity index (χ0v) is 26.7. The van der Waals surface area contributed by atoms with E-state index in [1.807, 2.05) is 84.9 Å². The predicted molar refractivity (Wildman–Crippen MR) is 178 cm³/mol. The molecule has 2 fully saturated rings. The van der Waals surface area contributed by atoms with Crippen molar-refractivity contribution in [2.75, 3.05) is 18.6 Å². The maximum absolute atomic E-state index is 14.1. The smallest absolute Gasteiger partial charge is 0.326 e. The number of carbonyl (C=O) groups is 3. The van der Waals surface area contributed by atoms with E-state index in [-0.39, 0.29) is 23.7 Å². The molecule has 1 aliphatic carbocycles. The van der Waals surface area contributed by atoms with Crippen molar-refractivity contribution in [3.63, 3.8) is 0 Å². The Kier molecular flexibility index (Phi) is 10.3. The van der Waals surface area contributed by atoms with Gasteiger partial charge in [0.05, 0.1) is 4.99 Å². The third-order valence-corrected chi connectivity index (χ3v) is 9.74. The second kappa shape index (κ2) is 14.3. The molecule has 3 unspecified atom stereocenters. The Bertz CT molecular complexity index is 1490. The minimum atomic E-state index is -0.971. The summed E-state index contributed by atoms with van der Waals surface area (Å²) in [6.45, 7) is 2.08. The first kappa shape index (κ1) is 32.3. The summed E-state index contributed by atoms with van der Waals surface area (Å²) < 4.78 is 5.33. The van der Waals surface area contributed by atoms with E-state index in [1.54, 1.807) is 16.9 Å². The third-order valence-electron chi connectivity index (χ3n) is 9.18. The van der Waals surface area contributed by atoms with E-state index in [0.717, 1.165) is 48.8 Å². The fourth-order valence-corrected chi connectivity index (χ4v) is 7.24. The number of aliphatic carboxylic acids is 1. The fourth-order valence-electron chi connectivity index (χ4n) is 6.79. The largest absolute Gasteiger partial charge is 0.480 e. The second-order valence-electron chi connectivity index (χ2n) is 12.1. The Morgan fingerprint density at radius 3 is 2.18 bits per heavy atom. The van der Waals surface area contributed by atoms with Crippen LogP contribution in [0.15, 0.2) is 84.9 Å². The quantitative estimate of drug-likeness (QED) is 0.249. The van der Waals surface area contributed by atoms with Crippen molar-refractivity contribution in [2.24, 2.45) is 5.41 Å². The van der Waals surface area contributed by atoms with E-state index in [1.165, 1.54) is 6.92 Å². The number of amides is 2. The summed E-state index contributed by atoms with van der Waals surface area (Å²) in [5, 5.41) is 13.3. The number of benzene rings is 3. The molecule has 45 heavy (non-hydrogen) atoms. The highest BCUT2D eigenvalue weighted by Gasteiger charge is 2.48. The molecule has 236 valence electrons. The van der Waals surface area contributed by atoms with Gasteiger partial charge in [0, 0.05) is 44.6 Å². The van der Waals surface area contributed by atoms with Gasteiger partial charge in [0.25, 0.3) is 5.91 Å². The van der Waals surface area contributed by atoms with Gasteiger partial charge in [-0.2, -0.15) is 0 Å². The van der Waals surface area contributed by atoms with Gasteiger partial charge in [0.15, 0.2) is 0 Å². The van der Waals surface area contributed by atoms with E-state index in [9.17, 15) is 19.5 Å². The fraction of sp³-hybridized carbons (Fsp3) is 0.389. The molecule has 5 rings (SSSR count). The molecule has 8 nitrogen and oxygen atoms in total. The Labute approximate surface area is 270 Å². The van der Waals surface area contributed by atoms with Crippen LogP contribution in [0.3, 0.4) is 0 Å². The summed E-state index contributed by atoms with van der Waals surface area (Å²) in [6.07, 6.45) is 4.77. The number of thiocarbonyl (C=S) groups is 1. The maximum Gasteiger partial charge on any atom is 0.326 e. The standard InChI is InChI=1S/C36H41N3O5S/c1-25(40)38-31(24-26-11-5-3-6-12-26)33(41)39(32(38)28-13-7-4-8-14-28)29-17-15-27(16-18-29)23-30(34(42)43)37-35(45)36(21-22-44-2)19-9-10-20-36/h3-8,11-18,30-32H,9-10,19-24H2,1-2H3,(H,37,45)(H,42,43). The van der Waals surface area contributed by atoms with Gasteiger partial charge < -0.3 is 20.1 Å². The lowest BCUT2D eigenvalue weighted by Gasteiger charge is -2.32. The van der Waals surface area contributed by atoms with E-state index in [4.69, 9.17) is 17.0 Å². The molecule has 0 spiro atoms. The van der Waals surface area contributed by atoms with Gasteiger partial charge in [-0.15, -0.1) is 0 Å². The number of hydrogen-bond acceptors (Lipinski definition) is 5. The summed E-state index contributed by atoms with van der Waals surface area (Å²) >= 11 is 5.80. The number of hydrogen-bond donors (Lipinski definition) is 2. The number of rotatable bonds is 12. The first-order chi connectivity index (χ1) is 21.7. The molecule has 1 saturated carbocycles. The normalized spacial score (nSPS) is 19.8. The van der Waals surface area contributed by atoms with E-state index in [2.05, 4.69) is 5.32 Å². The summed E-state index contributed by atoms with van der Waals surface area (Å²) in [4.78, 5) is 43.6. The van der Waals surface area contributed by atoms with Gasteiger partial charge in [-0.3, -0.25) is 14.5 Å². The monoisotopic (exact) mass is 627 g/mol. The topological polar surface area (TPSA) is 99.2 Å². The first-order valence-electron chi connectivity index (χ1n) is 15.6. The molecule has 2 amide bonds. The second-order valence-corrected chi connectivity index (χ2v) is 12.5. The van der Waals surface area contributed by atoms with Crippen LogP contribution in [0.1, 0.15) is 61.9 Å². The van der Waals surface area contributed by atoms with Crippen LogP contribution >= 0.6 is 12.2 Å². The van der Waals surface area contributed by atoms with E-state index in [0.29, 0.717) is 23.7 Å². The Morgan fingerprint density at radius 1 is 0.978 bits per heavy atom. The molecule has 2 N–H and O–H groups in total.